The van der Waals surface area contributed by atoms with Crippen molar-refractivity contribution in [2.24, 2.45) is 0 Å². The van der Waals surface area contributed by atoms with E-state index in [4.69, 9.17) is 5.11 Å². The Morgan fingerprint density at radius 1 is 1.43 bits per heavy atom. The number of nitro benzene ring substituents is 1. The molecule has 0 spiro atoms. The number of nitro groups is 1. The van der Waals surface area contributed by atoms with Gasteiger partial charge in [-0.05, 0) is 12.1 Å². The number of sulfone groups is 1. The predicted octanol–water partition coefficient (Wildman–Crippen LogP) is 0.882. The normalized spacial score (nSPS) is 11.3. The summed E-state index contributed by atoms with van der Waals surface area (Å²) in [5.74, 6) is -1.30. The molecule has 1 aromatic heterocycles. The lowest BCUT2D eigenvalue weighted by Gasteiger charge is -2.06. The molecule has 110 valence electrons. The molecule has 0 aliphatic rings. The molecule has 0 saturated carbocycles. The van der Waals surface area contributed by atoms with E-state index >= 15 is 0 Å². The van der Waals surface area contributed by atoms with E-state index in [2.05, 4.69) is 4.98 Å². The van der Waals surface area contributed by atoms with Crippen LogP contribution in [0.1, 0.15) is 10.5 Å². The summed E-state index contributed by atoms with van der Waals surface area (Å²) in [4.78, 5) is 24.3. The minimum Gasteiger partial charge on any atom is -0.476 e. The fraction of sp³-hybridized carbons (Fsp3) is 0.0909. The number of para-hydroxylation sites is 1. The van der Waals surface area contributed by atoms with Gasteiger partial charge < -0.3 is 5.11 Å². The summed E-state index contributed by atoms with van der Waals surface area (Å²) in [6.45, 7) is 0. The maximum Gasteiger partial charge on any atom is 0.356 e. The van der Waals surface area contributed by atoms with Crippen molar-refractivity contribution >= 4 is 21.5 Å². The molecular formula is C11H9N3O6S. The van der Waals surface area contributed by atoms with Gasteiger partial charge in [-0.2, -0.15) is 0 Å². The number of carboxylic acids is 1. The van der Waals surface area contributed by atoms with Crippen LogP contribution in [-0.4, -0.2) is 40.2 Å². The van der Waals surface area contributed by atoms with Crippen LogP contribution >= 0.6 is 0 Å². The van der Waals surface area contributed by atoms with Gasteiger partial charge in [0.05, 0.1) is 4.92 Å². The minimum atomic E-state index is -3.81. The number of hydrogen-bond donors (Lipinski definition) is 1. The van der Waals surface area contributed by atoms with Crippen LogP contribution in [0.5, 0.6) is 0 Å². The maximum absolute atomic E-state index is 11.6. The Bertz CT molecular complexity index is 839. The van der Waals surface area contributed by atoms with Crippen molar-refractivity contribution in [3.8, 4) is 5.69 Å². The predicted molar refractivity (Wildman–Crippen MR) is 70.3 cm³/mol. The third kappa shape index (κ3) is 2.74. The Hall–Kier alpha value is -2.75. The Morgan fingerprint density at radius 2 is 2.10 bits per heavy atom. The van der Waals surface area contributed by atoms with E-state index in [0.29, 0.717) is 0 Å². The van der Waals surface area contributed by atoms with Crippen LogP contribution < -0.4 is 0 Å². The number of aromatic carboxylic acids is 1. The van der Waals surface area contributed by atoms with Crippen LogP contribution in [0.3, 0.4) is 0 Å². The van der Waals surface area contributed by atoms with Crippen molar-refractivity contribution in [3.05, 3.63) is 46.5 Å². The van der Waals surface area contributed by atoms with E-state index in [1.807, 2.05) is 0 Å². The highest BCUT2D eigenvalue weighted by Gasteiger charge is 2.27. The second-order valence-electron chi connectivity index (χ2n) is 4.12. The smallest absolute Gasteiger partial charge is 0.356 e. The fourth-order valence-corrected chi connectivity index (χ4v) is 2.62. The van der Waals surface area contributed by atoms with Gasteiger partial charge in [0.1, 0.15) is 16.9 Å². The average Bonchev–Trinajstić information content (AvgIpc) is 2.86. The van der Waals surface area contributed by atoms with Gasteiger partial charge in [0.25, 0.3) is 0 Å². The molecular weight excluding hydrogens is 302 g/mol. The lowest BCUT2D eigenvalue weighted by molar-refractivity contribution is -0.387. The molecule has 0 saturated heterocycles. The van der Waals surface area contributed by atoms with Gasteiger partial charge >= 0.3 is 11.7 Å². The zero-order chi connectivity index (χ0) is 15.8. The number of carboxylic acid groups (broad SMARTS) is 1. The van der Waals surface area contributed by atoms with Crippen molar-refractivity contribution in [1.82, 2.24) is 9.55 Å². The maximum atomic E-state index is 11.6. The van der Waals surface area contributed by atoms with Gasteiger partial charge in [0, 0.05) is 12.5 Å². The molecule has 0 aliphatic carbocycles. The SMILES string of the molecule is CS(=O)(=O)c1cccc(-n2cnc(C(=O)O)c2)c1[N+](=O)[O-]. The number of imidazole rings is 1. The molecule has 0 aliphatic heterocycles. The first-order valence-electron chi connectivity index (χ1n) is 5.47. The number of carbonyl (C=O) groups is 1. The van der Waals surface area contributed by atoms with Crippen LogP contribution in [-0.2, 0) is 9.84 Å². The van der Waals surface area contributed by atoms with Crippen LogP contribution in [0, 0.1) is 10.1 Å². The molecule has 10 heteroatoms. The van der Waals surface area contributed by atoms with E-state index in [0.717, 1.165) is 29.4 Å². The van der Waals surface area contributed by atoms with Crippen LogP contribution in [0.2, 0.25) is 0 Å². The zero-order valence-corrected chi connectivity index (χ0v) is 11.4. The highest BCUT2D eigenvalue weighted by molar-refractivity contribution is 7.90. The monoisotopic (exact) mass is 311 g/mol. The molecule has 1 heterocycles. The summed E-state index contributed by atoms with van der Waals surface area (Å²) >= 11 is 0. The summed E-state index contributed by atoms with van der Waals surface area (Å²) < 4.78 is 24.4. The highest BCUT2D eigenvalue weighted by Crippen LogP contribution is 2.30. The van der Waals surface area contributed by atoms with E-state index in [9.17, 15) is 23.3 Å². The Kier molecular flexibility index (Phi) is 3.47. The van der Waals surface area contributed by atoms with E-state index < -0.39 is 31.3 Å². The Labute approximate surface area is 118 Å². The van der Waals surface area contributed by atoms with Gasteiger partial charge in [-0.25, -0.2) is 18.2 Å². The third-order valence-corrected chi connectivity index (χ3v) is 3.77. The van der Waals surface area contributed by atoms with Gasteiger partial charge in [0.15, 0.2) is 15.5 Å². The van der Waals surface area contributed by atoms with Gasteiger partial charge in [-0.3, -0.25) is 14.7 Å². The van der Waals surface area contributed by atoms with E-state index in [1.165, 1.54) is 12.1 Å². The molecule has 0 bridgehead atoms. The van der Waals surface area contributed by atoms with Crippen molar-refractivity contribution in [1.29, 1.82) is 0 Å². The summed E-state index contributed by atoms with van der Waals surface area (Å²) in [5, 5.41) is 20.0. The zero-order valence-electron chi connectivity index (χ0n) is 10.6. The van der Waals surface area contributed by atoms with E-state index in [-0.39, 0.29) is 11.4 Å². The summed E-state index contributed by atoms with van der Waals surface area (Å²) in [6, 6.07) is 3.76. The Morgan fingerprint density at radius 3 is 2.57 bits per heavy atom. The molecule has 0 radical (unpaired) electrons. The number of aromatic nitrogens is 2. The third-order valence-electron chi connectivity index (χ3n) is 2.64. The summed E-state index contributed by atoms with van der Waals surface area (Å²) in [5.41, 5.74) is -1.02. The van der Waals surface area contributed by atoms with Crippen molar-refractivity contribution in [2.75, 3.05) is 6.26 Å². The van der Waals surface area contributed by atoms with Gasteiger partial charge in [-0.15, -0.1) is 0 Å². The molecule has 9 nitrogen and oxygen atoms in total. The standard InChI is InChI=1S/C11H9N3O6S/c1-21(19,20)9-4-2-3-8(10(9)14(17)18)13-5-7(11(15)16)12-6-13/h2-6H,1H3,(H,15,16). The van der Waals surface area contributed by atoms with Crippen LogP contribution in [0.25, 0.3) is 5.69 Å². The van der Waals surface area contributed by atoms with Crippen molar-refractivity contribution < 1.29 is 23.2 Å². The number of benzene rings is 1. The number of hydrogen-bond acceptors (Lipinski definition) is 6. The molecule has 2 rings (SSSR count). The lowest BCUT2D eigenvalue weighted by atomic mass is 10.2. The van der Waals surface area contributed by atoms with Crippen molar-refractivity contribution in [3.63, 3.8) is 0 Å². The summed E-state index contributed by atoms with van der Waals surface area (Å²) in [6.07, 6.45) is 2.99. The largest absolute Gasteiger partial charge is 0.476 e. The summed E-state index contributed by atoms with van der Waals surface area (Å²) in [7, 11) is -3.81. The Balaban J connectivity index is 2.74. The second kappa shape index (κ2) is 4.98. The van der Waals surface area contributed by atoms with Crippen LogP contribution in [0.4, 0.5) is 5.69 Å². The first kappa shape index (κ1) is 14.7. The molecule has 0 atom stereocenters. The second-order valence-corrected chi connectivity index (χ2v) is 6.11. The quantitative estimate of drug-likeness (QED) is 0.654. The number of nitrogens with zero attached hydrogens (tertiary/aromatic N) is 3. The first-order chi connectivity index (χ1) is 9.71. The lowest BCUT2D eigenvalue weighted by Crippen LogP contribution is -2.06. The fourth-order valence-electron chi connectivity index (χ4n) is 1.77. The molecule has 0 amide bonds. The molecule has 21 heavy (non-hydrogen) atoms. The van der Waals surface area contributed by atoms with E-state index in [1.54, 1.807) is 0 Å². The topological polar surface area (TPSA) is 132 Å². The minimum absolute atomic E-state index is 0.0806. The van der Waals surface area contributed by atoms with Crippen molar-refractivity contribution in [2.45, 2.75) is 4.90 Å². The van der Waals surface area contributed by atoms with Crippen LogP contribution in [0.15, 0.2) is 35.6 Å². The molecule has 1 aromatic carbocycles. The number of rotatable bonds is 4. The average molecular weight is 311 g/mol. The molecule has 2 aromatic rings. The molecule has 1 N–H and O–H groups in total. The van der Waals surface area contributed by atoms with Gasteiger partial charge in [-0.1, -0.05) is 6.07 Å². The molecule has 0 fully saturated rings. The molecule has 0 unspecified atom stereocenters. The highest BCUT2D eigenvalue weighted by atomic mass is 32.2. The first-order valence-corrected chi connectivity index (χ1v) is 7.36. The van der Waals surface area contributed by atoms with Gasteiger partial charge in [0.2, 0.25) is 0 Å².